The summed E-state index contributed by atoms with van der Waals surface area (Å²) in [6.07, 6.45) is 0.193. The molecule has 1 aromatic carbocycles. The highest BCUT2D eigenvalue weighted by atomic mass is 16.5. The van der Waals surface area contributed by atoms with E-state index in [2.05, 4.69) is 63.5 Å². The Bertz CT molecular complexity index is 2630. The summed E-state index contributed by atoms with van der Waals surface area (Å²) in [6.45, 7) is 13.1. The molecule has 0 radical (unpaired) electrons. The highest BCUT2D eigenvalue weighted by molar-refractivity contribution is 5.99. The number of nitrogens with zero attached hydrogens (tertiary/aromatic N) is 1. The number of amides is 11. The molecule has 0 bridgehead atoms. The number of hydrogen-bond donors (Lipinski definition) is 17. The molecular weight excluding hydrogens is 1200 g/mol. The van der Waals surface area contributed by atoms with E-state index in [0.29, 0.717) is 32.1 Å². The van der Waals surface area contributed by atoms with E-state index in [-0.39, 0.29) is 51.2 Å². The lowest BCUT2D eigenvalue weighted by Crippen LogP contribution is -2.63. The molecule has 1 saturated heterocycles. The molecule has 0 spiro atoms. The maximum absolute atomic E-state index is 14.5. The van der Waals surface area contributed by atoms with E-state index in [1.54, 1.807) is 62.4 Å². The highest BCUT2D eigenvalue weighted by Gasteiger charge is 2.41. The van der Waals surface area contributed by atoms with Crippen molar-refractivity contribution < 1.29 is 72.5 Å². The number of carbonyl (C=O) groups is 12. The van der Waals surface area contributed by atoms with E-state index in [0.717, 1.165) is 5.56 Å². The Hall–Kier alpha value is -8.03. The predicted molar refractivity (Wildman–Crippen MR) is 341 cm³/mol. The van der Waals surface area contributed by atoms with Crippen LogP contribution >= 0.6 is 0 Å². The number of hydrogen-bond acceptors (Lipinski definition) is 18. The first-order valence-corrected chi connectivity index (χ1v) is 31.8. The van der Waals surface area contributed by atoms with E-state index >= 15 is 0 Å². The molecule has 16 atom stereocenters. The van der Waals surface area contributed by atoms with Crippen molar-refractivity contribution in [1.82, 2.24) is 58.5 Å². The van der Waals surface area contributed by atoms with Crippen molar-refractivity contribution in [2.24, 2.45) is 51.6 Å². The maximum atomic E-state index is 14.5. The van der Waals surface area contributed by atoms with Crippen LogP contribution in [0.5, 0.6) is 0 Å². The number of cyclic esters (lactones) is 1. The number of ether oxygens (including phenoxy) is 1. The summed E-state index contributed by atoms with van der Waals surface area (Å²) in [5.41, 5.74) is 23.0. The fourth-order valence-electron chi connectivity index (χ4n) is 9.74. The van der Waals surface area contributed by atoms with Gasteiger partial charge in [-0.3, -0.25) is 57.7 Å². The molecule has 2 rings (SSSR count). The topological polar surface area (TPSA) is 503 Å². The van der Waals surface area contributed by atoms with Gasteiger partial charge in [-0.25, -0.2) is 4.79 Å². The molecule has 1 aromatic rings. The van der Waals surface area contributed by atoms with Crippen LogP contribution in [0.3, 0.4) is 0 Å². The van der Waals surface area contributed by atoms with Gasteiger partial charge in [-0.05, 0) is 94.7 Å². The summed E-state index contributed by atoms with van der Waals surface area (Å²) in [5.74, 6) is -13.5. The monoisotopic (exact) mass is 1300 g/mol. The lowest BCUT2D eigenvalue weighted by atomic mass is 9.94. The number of primary amides is 1. The second kappa shape index (κ2) is 41.5. The number of carbonyl (C=O) groups excluding carboxylic acids is 12. The van der Waals surface area contributed by atoms with E-state index < -0.39 is 193 Å². The van der Waals surface area contributed by atoms with Crippen LogP contribution in [0.4, 0.5) is 0 Å². The van der Waals surface area contributed by atoms with Crippen LogP contribution in [0.1, 0.15) is 139 Å². The number of aliphatic hydroxyl groups is 2. The number of unbranched alkanes of at least 4 members (excludes halogenated alkanes) is 1. The van der Waals surface area contributed by atoms with E-state index in [1.807, 2.05) is 30.3 Å². The van der Waals surface area contributed by atoms with Crippen LogP contribution in [-0.4, -0.2) is 193 Å². The average Bonchev–Trinajstić information content (AvgIpc) is 1.54. The Kier molecular flexibility index (Phi) is 36.1. The van der Waals surface area contributed by atoms with Gasteiger partial charge in [-0.1, -0.05) is 111 Å². The Morgan fingerprint density at radius 1 is 0.587 bits per heavy atom. The van der Waals surface area contributed by atoms with Gasteiger partial charge in [0.05, 0.1) is 19.3 Å². The first-order chi connectivity index (χ1) is 43.6. The van der Waals surface area contributed by atoms with Gasteiger partial charge >= 0.3 is 5.97 Å². The zero-order valence-corrected chi connectivity index (χ0v) is 54.9. The SMILES string of the molecule is CC[C@H](C)[C@H](NC(=O)[C@@H](Cc1ccccc1)NC)C(=O)N[C@@H](CO)C(=O)N[C@H](CCC(N)=O)C(=O)N[C@@H](C(=O)N[C@H](C(=O)N[C@@H](CO)C(=O)N[C@H]1C(=O)N[C@@H](CCCCN)C(=O)N[C@@H](CCCN=C(N)N)C(=O)N[C@@H]([C@@H](C)CC)C(=O)O[C@H]1C)[C@@H](C)CC)[C@@H](C)CC. The molecule has 11 amide bonds. The van der Waals surface area contributed by atoms with Gasteiger partial charge in [-0.2, -0.15) is 0 Å². The molecule has 0 aromatic heterocycles. The standard InChI is InChI=1S/C61H104N16O15/c1-11-32(5)45(74-53(84)41(66-10)29-37-21-16-15-17-22-37)56(87)71-42(30-78)54(85)69-40(25-26-44(63)80)52(83)73-47(34(7)13-3)58(89)75-46(33(6)12-2)57(88)72-43(31-79)55(86)77-49-36(9)92-60(91)48(35(8)14-4)76-51(82)39(24-20-28-67-61(64)65)68-50(81)38(70-59(49)90)23-18-19-27-62/h15-17,21-22,32-36,38-43,45-49,66,78-79H,11-14,18-20,23-31,62H2,1-10H3,(H2,63,80)(H,68,81)(H,69,85)(H,70,90)(H,71,87)(H,72,88)(H,73,83)(H,74,84)(H,75,89)(H,76,82)(H,77,86)(H4,64,65,67)/t32-,33-,34-,35-,36-,38-,39-,40+,41+,42-,43-,45-,46-,47+,48-,49+/m0/s1. The maximum Gasteiger partial charge on any atom is 0.329 e. The zero-order valence-electron chi connectivity index (χ0n) is 54.9. The normalized spacial score (nSPS) is 20.6. The first kappa shape index (κ1) is 80.1. The molecule has 31 heteroatoms. The van der Waals surface area contributed by atoms with Gasteiger partial charge < -0.3 is 96.4 Å². The molecule has 0 unspecified atom stereocenters. The van der Waals surface area contributed by atoms with Crippen molar-refractivity contribution in [3.63, 3.8) is 0 Å². The minimum Gasteiger partial charge on any atom is -0.458 e. The lowest BCUT2D eigenvalue weighted by Gasteiger charge is -2.31. The van der Waals surface area contributed by atoms with Crippen LogP contribution in [0.2, 0.25) is 0 Å². The highest BCUT2D eigenvalue weighted by Crippen LogP contribution is 2.18. The largest absolute Gasteiger partial charge is 0.458 e. The molecule has 21 N–H and O–H groups in total. The van der Waals surface area contributed by atoms with Crippen LogP contribution in [0.25, 0.3) is 0 Å². The van der Waals surface area contributed by atoms with Crippen LogP contribution in [0, 0.1) is 23.7 Å². The van der Waals surface area contributed by atoms with Crippen LogP contribution in [0.15, 0.2) is 35.3 Å². The number of guanidine groups is 1. The van der Waals surface area contributed by atoms with Crippen molar-refractivity contribution in [3.05, 3.63) is 35.9 Å². The minimum absolute atomic E-state index is 0.0113. The molecule has 1 aliphatic heterocycles. The molecular formula is C61H104N16O15. The second-order valence-electron chi connectivity index (χ2n) is 23.6. The molecule has 1 heterocycles. The number of aliphatic imine (C=N–C) groups is 1. The molecule has 1 fully saturated rings. The third-order valence-electron chi connectivity index (χ3n) is 16.5. The number of likely N-dealkylation sites (N-methyl/N-ethyl adjacent to an activating group) is 1. The lowest BCUT2D eigenvalue weighted by molar-refractivity contribution is -0.157. The Balaban J connectivity index is 2.47. The Morgan fingerprint density at radius 2 is 1.04 bits per heavy atom. The predicted octanol–water partition coefficient (Wildman–Crippen LogP) is -3.77. The number of aliphatic hydroxyl groups excluding tert-OH is 2. The van der Waals surface area contributed by atoms with Gasteiger partial charge in [0.15, 0.2) is 5.96 Å². The molecule has 0 aliphatic carbocycles. The number of esters is 1. The molecule has 518 valence electrons. The van der Waals surface area contributed by atoms with Crippen molar-refractivity contribution in [2.75, 3.05) is 33.4 Å². The van der Waals surface area contributed by atoms with Crippen LogP contribution in [-0.2, 0) is 68.7 Å². The fraction of sp³-hybridized carbons (Fsp3) is 0.689. The number of rotatable bonds is 38. The van der Waals surface area contributed by atoms with Gasteiger partial charge in [0.2, 0.25) is 65.0 Å². The van der Waals surface area contributed by atoms with E-state index in [1.165, 1.54) is 6.92 Å². The second-order valence-corrected chi connectivity index (χ2v) is 23.6. The van der Waals surface area contributed by atoms with Crippen molar-refractivity contribution in [1.29, 1.82) is 0 Å². The minimum atomic E-state index is -1.84. The van der Waals surface area contributed by atoms with Crippen molar-refractivity contribution >= 4 is 76.9 Å². The number of nitrogens with two attached hydrogens (primary N) is 4. The third-order valence-corrected chi connectivity index (χ3v) is 16.5. The Morgan fingerprint density at radius 3 is 1.52 bits per heavy atom. The van der Waals surface area contributed by atoms with Crippen LogP contribution < -0.4 is 81.4 Å². The summed E-state index contributed by atoms with van der Waals surface area (Å²) in [6, 6.07) is -6.49. The number of nitrogens with one attached hydrogen (secondary N) is 11. The number of benzene rings is 1. The molecule has 1 aliphatic rings. The summed E-state index contributed by atoms with van der Waals surface area (Å²) in [5, 5.41) is 49.8. The fourth-order valence-corrected chi connectivity index (χ4v) is 9.74. The molecule has 92 heavy (non-hydrogen) atoms. The summed E-state index contributed by atoms with van der Waals surface area (Å²) < 4.78 is 5.79. The first-order valence-electron chi connectivity index (χ1n) is 31.8. The smallest absolute Gasteiger partial charge is 0.329 e. The average molecular weight is 1300 g/mol. The zero-order chi connectivity index (χ0) is 69.4. The van der Waals surface area contributed by atoms with E-state index in [9.17, 15) is 67.7 Å². The van der Waals surface area contributed by atoms with Crippen molar-refractivity contribution in [2.45, 2.75) is 212 Å². The van der Waals surface area contributed by atoms with E-state index in [4.69, 9.17) is 27.7 Å². The molecule has 0 saturated carbocycles. The van der Waals surface area contributed by atoms with Gasteiger partial charge in [0.25, 0.3) is 0 Å². The van der Waals surface area contributed by atoms with Gasteiger partial charge in [0.1, 0.15) is 66.5 Å². The third kappa shape index (κ3) is 26.3. The Labute approximate surface area is 538 Å². The molecule has 31 nitrogen and oxygen atoms in total. The quantitative estimate of drug-likeness (QED) is 0.0131. The summed E-state index contributed by atoms with van der Waals surface area (Å²) in [4.78, 5) is 171. The van der Waals surface area contributed by atoms with Gasteiger partial charge in [-0.15, -0.1) is 0 Å². The summed E-state index contributed by atoms with van der Waals surface area (Å²) in [7, 11) is 1.60. The summed E-state index contributed by atoms with van der Waals surface area (Å²) >= 11 is 0. The van der Waals surface area contributed by atoms with Gasteiger partial charge in [0, 0.05) is 13.0 Å². The van der Waals surface area contributed by atoms with Crippen molar-refractivity contribution in [3.8, 4) is 0 Å².